The summed E-state index contributed by atoms with van der Waals surface area (Å²) in [6.45, 7) is 3.91. The van der Waals surface area contributed by atoms with Crippen LogP contribution in [0.25, 0.3) is 11.0 Å². The van der Waals surface area contributed by atoms with Crippen molar-refractivity contribution in [1.82, 2.24) is 5.32 Å². The van der Waals surface area contributed by atoms with Gasteiger partial charge in [0.2, 0.25) is 11.7 Å². The fourth-order valence-corrected chi connectivity index (χ4v) is 5.81. The Balaban J connectivity index is 1.43. The number of carbonyl (C=O) groups is 3. The number of hydrogen-bond donors (Lipinski definition) is 3. The maximum atomic E-state index is 14.2. The first-order valence-electron chi connectivity index (χ1n) is 15.0. The molecule has 0 radical (unpaired) electrons. The quantitative estimate of drug-likeness (QED) is 0.181. The molecule has 0 saturated heterocycles. The number of carbonyl (C=O) groups excluding carboxylic acids is 2. The van der Waals surface area contributed by atoms with Crippen LogP contribution in [0.4, 0.5) is 5.69 Å². The van der Waals surface area contributed by atoms with Crippen LogP contribution in [0.2, 0.25) is 5.02 Å². The van der Waals surface area contributed by atoms with Gasteiger partial charge in [-0.1, -0.05) is 49.7 Å². The van der Waals surface area contributed by atoms with E-state index in [0.29, 0.717) is 50.7 Å². The Morgan fingerprint density at radius 1 is 1.04 bits per heavy atom. The van der Waals surface area contributed by atoms with E-state index in [-0.39, 0.29) is 31.9 Å². The summed E-state index contributed by atoms with van der Waals surface area (Å²) < 4.78 is 23.2. The number of fused-ring (bicyclic) bond motifs is 2. The number of halogens is 1. The number of hydrogen-bond acceptors (Lipinski definition) is 8. The third-order valence-corrected chi connectivity index (χ3v) is 8.27. The van der Waals surface area contributed by atoms with Crippen LogP contribution in [0.3, 0.4) is 0 Å². The van der Waals surface area contributed by atoms with Crippen molar-refractivity contribution in [3.05, 3.63) is 88.1 Å². The molecule has 2 heterocycles. The average Bonchev–Trinajstić information content (AvgIpc) is 3.45. The first-order chi connectivity index (χ1) is 22.4. The van der Waals surface area contributed by atoms with Gasteiger partial charge in [-0.2, -0.15) is 0 Å². The van der Waals surface area contributed by atoms with Gasteiger partial charge in [0.15, 0.2) is 11.5 Å². The Hall–Kier alpha value is -4.58. The maximum Gasteiger partial charge on any atom is 0.371 e. The highest BCUT2D eigenvalue weighted by atomic mass is 35.5. The van der Waals surface area contributed by atoms with Crippen molar-refractivity contribution in [3.8, 4) is 11.5 Å². The zero-order chi connectivity index (χ0) is 33.9. The lowest BCUT2D eigenvalue weighted by Crippen LogP contribution is -2.46. The van der Waals surface area contributed by atoms with Gasteiger partial charge in [0.1, 0.15) is 17.8 Å². The van der Waals surface area contributed by atoms with Gasteiger partial charge < -0.3 is 39.1 Å². The van der Waals surface area contributed by atoms with Gasteiger partial charge in [0.05, 0.1) is 20.6 Å². The van der Waals surface area contributed by atoms with Gasteiger partial charge in [-0.3, -0.25) is 9.59 Å². The van der Waals surface area contributed by atoms with Gasteiger partial charge in [-0.25, -0.2) is 4.79 Å². The molecule has 4 aromatic rings. The third kappa shape index (κ3) is 7.38. The van der Waals surface area contributed by atoms with Crippen LogP contribution in [-0.4, -0.2) is 68.0 Å². The van der Waals surface area contributed by atoms with Crippen LogP contribution in [0.5, 0.6) is 11.5 Å². The maximum absolute atomic E-state index is 14.2. The van der Waals surface area contributed by atoms with Crippen molar-refractivity contribution in [2.24, 2.45) is 5.41 Å². The van der Waals surface area contributed by atoms with Crippen molar-refractivity contribution in [2.45, 2.75) is 38.9 Å². The number of aliphatic hydroxyl groups is 1. The fourth-order valence-electron chi connectivity index (χ4n) is 5.63. The molecule has 1 aliphatic rings. The minimum Gasteiger partial charge on any atom is -0.493 e. The predicted octanol–water partition coefficient (Wildman–Crippen LogP) is 5.39. The van der Waals surface area contributed by atoms with Crippen molar-refractivity contribution in [2.75, 3.05) is 38.8 Å². The molecule has 11 nitrogen and oxygen atoms in total. The summed E-state index contributed by atoms with van der Waals surface area (Å²) in [6, 6.07) is 17.3. The Morgan fingerprint density at radius 2 is 1.83 bits per heavy atom. The van der Waals surface area contributed by atoms with Crippen LogP contribution < -0.4 is 19.7 Å². The Morgan fingerprint density at radius 3 is 2.53 bits per heavy atom. The van der Waals surface area contributed by atoms with Gasteiger partial charge >= 0.3 is 5.97 Å². The number of benzene rings is 3. The van der Waals surface area contributed by atoms with Gasteiger partial charge in [0, 0.05) is 52.3 Å². The van der Waals surface area contributed by atoms with E-state index in [2.05, 4.69) is 5.32 Å². The predicted molar refractivity (Wildman–Crippen MR) is 175 cm³/mol. The molecular formula is C35H37ClN2O9. The molecule has 0 fully saturated rings. The van der Waals surface area contributed by atoms with Crippen molar-refractivity contribution in [3.63, 3.8) is 0 Å². The second-order valence-corrected chi connectivity index (χ2v) is 12.6. The second kappa shape index (κ2) is 14.0. The minimum atomic E-state index is -1.20. The normalized spacial score (nSPS) is 16.5. The summed E-state index contributed by atoms with van der Waals surface area (Å²) >= 11 is 6.48. The van der Waals surface area contributed by atoms with Crippen molar-refractivity contribution < 1.29 is 43.2 Å². The highest BCUT2D eigenvalue weighted by Crippen LogP contribution is 2.45. The van der Waals surface area contributed by atoms with E-state index >= 15 is 0 Å². The number of rotatable bonds is 12. The molecule has 0 aliphatic carbocycles. The number of nitrogens with one attached hydrogen (secondary N) is 1. The zero-order valence-electron chi connectivity index (χ0n) is 26.5. The first-order valence-corrected chi connectivity index (χ1v) is 15.4. The van der Waals surface area contributed by atoms with Gasteiger partial charge in [0.25, 0.3) is 5.91 Å². The Labute approximate surface area is 277 Å². The molecule has 2 amide bonds. The molecule has 5 rings (SSSR count). The van der Waals surface area contributed by atoms with E-state index in [0.717, 1.165) is 5.56 Å². The molecule has 0 unspecified atom stereocenters. The molecule has 248 valence electrons. The van der Waals surface area contributed by atoms with Crippen molar-refractivity contribution in [1.29, 1.82) is 0 Å². The van der Waals surface area contributed by atoms with Crippen molar-refractivity contribution >= 4 is 46.0 Å². The number of aliphatic hydroxyl groups excluding tert-OH is 1. The van der Waals surface area contributed by atoms with Gasteiger partial charge in [-0.05, 0) is 48.4 Å². The monoisotopic (exact) mass is 664 g/mol. The van der Waals surface area contributed by atoms with Crippen LogP contribution in [0.15, 0.2) is 65.1 Å². The number of nitrogens with zero attached hydrogens (tertiary/aromatic N) is 1. The molecule has 3 aromatic carbocycles. The number of para-hydroxylation sites is 1. The Kier molecular flexibility index (Phi) is 10.1. The smallest absolute Gasteiger partial charge is 0.371 e. The summed E-state index contributed by atoms with van der Waals surface area (Å²) in [5.74, 6) is -1.27. The van der Waals surface area contributed by atoms with E-state index in [9.17, 15) is 24.6 Å². The number of methoxy groups -OCH3 is 2. The number of amides is 2. The molecule has 47 heavy (non-hydrogen) atoms. The average molecular weight is 665 g/mol. The van der Waals surface area contributed by atoms with Crippen LogP contribution in [0.1, 0.15) is 53.6 Å². The first kappa shape index (κ1) is 33.8. The molecular weight excluding hydrogens is 628 g/mol. The lowest BCUT2D eigenvalue weighted by atomic mass is 9.92. The summed E-state index contributed by atoms with van der Waals surface area (Å²) in [7, 11) is 3.04. The summed E-state index contributed by atoms with van der Waals surface area (Å²) in [6.07, 6.45) is -1.91. The molecule has 3 N–H and O–H groups in total. The summed E-state index contributed by atoms with van der Waals surface area (Å²) in [5, 5.41) is 23.3. The number of anilines is 1. The minimum absolute atomic E-state index is 0.149. The van der Waals surface area contributed by atoms with Gasteiger partial charge in [-0.15, -0.1) is 0 Å². The number of ether oxygens (including phenoxy) is 3. The molecule has 0 bridgehead atoms. The summed E-state index contributed by atoms with van der Waals surface area (Å²) in [5.41, 5.74) is 2.31. The lowest BCUT2D eigenvalue weighted by molar-refractivity contribution is -0.138. The molecule has 12 heteroatoms. The van der Waals surface area contributed by atoms with E-state index in [1.54, 1.807) is 53.4 Å². The van der Waals surface area contributed by atoms with E-state index in [1.165, 1.54) is 20.3 Å². The number of carboxylic acid groups (broad SMARTS) is 1. The van der Waals surface area contributed by atoms with E-state index in [4.69, 9.17) is 30.2 Å². The van der Waals surface area contributed by atoms with E-state index < -0.39 is 35.4 Å². The SMILES string of the molecule is COc1cccc([C@H]2O[C@H](CC(=O)NCCc3ccc4cc(C(=O)O)oc4c3)C(=O)N(CC(C)(C)CO)c3ccc(Cl)cc32)c1OC. The van der Waals surface area contributed by atoms with Crippen LogP contribution in [-0.2, 0) is 20.7 Å². The Bertz CT molecular complexity index is 1800. The number of aromatic carboxylic acids is 1. The highest BCUT2D eigenvalue weighted by molar-refractivity contribution is 6.30. The number of furan rings is 1. The standard InChI is InChI=1S/C35H37ClN2O9/c1-35(2,19-39)18-38-25-11-10-22(36)16-24(25)31(23-6-5-7-26(44-3)32(23)45-4)47-28(33(38)41)17-30(40)37-13-12-20-8-9-21-15-29(34(42)43)46-27(21)14-20/h5-11,14-16,28,31,39H,12-13,17-19H2,1-4H3,(H,37,40)(H,42,43)/t28-,31-/m1/s1. The second-order valence-electron chi connectivity index (χ2n) is 12.1. The van der Waals surface area contributed by atoms with Crippen LogP contribution in [0, 0.1) is 5.41 Å². The molecule has 1 aromatic heterocycles. The third-order valence-electron chi connectivity index (χ3n) is 8.04. The molecule has 2 atom stereocenters. The zero-order valence-corrected chi connectivity index (χ0v) is 27.3. The van der Waals surface area contributed by atoms with Crippen LogP contribution >= 0.6 is 11.6 Å². The lowest BCUT2D eigenvalue weighted by Gasteiger charge is -2.32. The highest BCUT2D eigenvalue weighted by Gasteiger charge is 2.40. The molecule has 0 saturated carbocycles. The molecule has 0 spiro atoms. The van der Waals surface area contributed by atoms with E-state index in [1.807, 2.05) is 19.9 Å². The molecule has 1 aliphatic heterocycles. The summed E-state index contributed by atoms with van der Waals surface area (Å²) in [4.78, 5) is 40.4. The fraction of sp³-hybridized carbons (Fsp3) is 0.343. The largest absolute Gasteiger partial charge is 0.493 e. The topological polar surface area (TPSA) is 148 Å². The number of carboxylic acids is 1.